The van der Waals surface area contributed by atoms with Gasteiger partial charge in [0, 0.05) is 25.2 Å². The first kappa shape index (κ1) is 15.0. The fourth-order valence-corrected chi connectivity index (χ4v) is 4.15. The maximum atomic E-state index is 6.18. The molecular weight excluding hydrogens is 260 g/mol. The Bertz CT molecular complexity index is 486. The van der Waals surface area contributed by atoms with Gasteiger partial charge < -0.3 is 10.5 Å². The van der Waals surface area contributed by atoms with Crippen molar-refractivity contribution in [3.63, 3.8) is 0 Å². The van der Waals surface area contributed by atoms with Gasteiger partial charge in [0.05, 0.1) is 12.7 Å². The van der Waals surface area contributed by atoms with Crippen molar-refractivity contribution < 1.29 is 4.74 Å². The van der Waals surface area contributed by atoms with E-state index in [1.165, 1.54) is 42.4 Å². The summed E-state index contributed by atoms with van der Waals surface area (Å²) in [6.07, 6.45) is 5.53. The standard InChI is InChI=1S/C18H28N2O/c1-13-7-8-15(14(2)11-13)17(12-19)20-9-10-21-18-6-4-3-5-16(18)20/h7-8,11,16-18H,3-6,9-10,12,19H2,1-2H3. The maximum absolute atomic E-state index is 6.18. The molecular formula is C18H28N2O. The van der Waals surface area contributed by atoms with Gasteiger partial charge in [0.2, 0.25) is 0 Å². The van der Waals surface area contributed by atoms with Crippen LogP contribution in [0.4, 0.5) is 0 Å². The predicted octanol–water partition coefficient (Wildman–Crippen LogP) is 2.95. The minimum Gasteiger partial charge on any atom is -0.375 e. The van der Waals surface area contributed by atoms with E-state index < -0.39 is 0 Å². The number of hydrogen-bond acceptors (Lipinski definition) is 3. The summed E-state index contributed by atoms with van der Waals surface area (Å²) < 4.78 is 6.01. The highest BCUT2D eigenvalue weighted by molar-refractivity contribution is 5.33. The molecule has 3 atom stereocenters. The zero-order valence-corrected chi connectivity index (χ0v) is 13.3. The van der Waals surface area contributed by atoms with E-state index in [4.69, 9.17) is 10.5 Å². The molecule has 0 amide bonds. The monoisotopic (exact) mass is 288 g/mol. The van der Waals surface area contributed by atoms with Crippen LogP contribution in [0.1, 0.15) is 48.4 Å². The minimum atomic E-state index is 0.333. The molecule has 1 aromatic carbocycles. The molecule has 1 heterocycles. The van der Waals surface area contributed by atoms with E-state index in [9.17, 15) is 0 Å². The van der Waals surface area contributed by atoms with Gasteiger partial charge in [-0.3, -0.25) is 4.90 Å². The van der Waals surface area contributed by atoms with Gasteiger partial charge in [0.25, 0.3) is 0 Å². The Morgan fingerprint density at radius 3 is 2.86 bits per heavy atom. The summed E-state index contributed by atoms with van der Waals surface area (Å²) in [6.45, 7) is 6.91. The lowest BCUT2D eigenvalue weighted by atomic mass is 9.87. The van der Waals surface area contributed by atoms with Gasteiger partial charge in [0.1, 0.15) is 0 Å². The van der Waals surface area contributed by atoms with Crippen LogP contribution in [0.2, 0.25) is 0 Å². The lowest BCUT2D eigenvalue weighted by Crippen LogP contribution is -2.55. The molecule has 0 aromatic heterocycles. The number of ether oxygens (including phenoxy) is 1. The molecule has 3 unspecified atom stereocenters. The molecule has 1 aliphatic carbocycles. The predicted molar refractivity (Wildman–Crippen MR) is 86.4 cm³/mol. The van der Waals surface area contributed by atoms with Gasteiger partial charge in [-0.05, 0) is 37.8 Å². The zero-order chi connectivity index (χ0) is 14.8. The van der Waals surface area contributed by atoms with Crippen molar-refractivity contribution in [2.75, 3.05) is 19.7 Å². The van der Waals surface area contributed by atoms with Gasteiger partial charge in [-0.1, -0.05) is 36.6 Å². The summed E-state index contributed by atoms with van der Waals surface area (Å²) in [6, 6.07) is 7.65. The molecule has 3 nitrogen and oxygen atoms in total. The van der Waals surface area contributed by atoms with Gasteiger partial charge >= 0.3 is 0 Å². The molecule has 3 rings (SSSR count). The van der Waals surface area contributed by atoms with Crippen LogP contribution in [0.5, 0.6) is 0 Å². The highest BCUT2D eigenvalue weighted by atomic mass is 16.5. The van der Waals surface area contributed by atoms with Crippen LogP contribution in [-0.4, -0.2) is 36.7 Å². The summed E-state index contributed by atoms with van der Waals surface area (Å²) in [5.74, 6) is 0. The summed E-state index contributed by atoms with van der Waals surface area (Å²) in [5.41, 5.74) is 10.3. The zero-order valence-electron chi connectivity index (χ0n) is 13.3. The Hall–Kier alpha value is -0.900. The molecule has 1 saturated heterocycles. The number of morpholine rings is 1. The Labute approximate surface area is 128 Å². The average Bonchev–Trinajstić information content (AvgIpc) is 2.50. The molecule has 1 aromatic rings. The van der Waals surface area contributed by atoms with Crippen LogP contribution in [0.25, 0.3) is 0 Å². The summed E-state index contributed by atoms with van der Waals surface area (Å²) in [5, 5.41) is 0. The van der Waals surface area contributed by atoms with Crippen LogP contribution in [-0.2, 0) is 4.74 Å². The Morgan fingerprint density at radius 1 is 1.29 bits per heavy atom. The summed E-state index contributed by atoms with van der Waals surface area (Å²) in [4.78, 5) is 2.63. The third-order valence-electron chi connectivity index (χ3n) is 5.18. The fourth-order valence-electron chi connectivity index (χ4n) is 4.15. The van der Waals surface area contributed by atoms with E-state index in [-0.39, 0.29) is 0 Å². The first-order chi connectivity index (χ1) is 10.2. The topological polar surface area (TPSA) is 38.5 Å². The van der Waals surface area contributed by atoms with E-state index in [0.29, 0.717) is 24.7 Å². The van der Waals surface area contributed by atoms with Crippen molar-refractivity contribution in [2.24, 2.45) is 5.73 Å². The van der Waals surface area contributed by atoms with E-state index in [0.717, 1.165) is 13.2 Å². The van der Waals surface area contributed by atoms with E-state index in [2.05, 4.69) is 36.9 Å². The Balaban J connectivity index is 1.87. The fraction of sp³-hybridized carbons (Fsp3) is 0.667. The molecule has 21 heavy (non-hydrogen) atoms. The lowest BCUT2D eigenvalue weighted by Gasteiger charge is -2.47. The van der Waals surface area contributed by atoms with Gasteiger partial charge in [0.15, 0.2) is 0 Å². The SMILES string of the molecule is Cc1ccc(C(CN)N2CCOC3CCCCC32)c(C)c1. The smallest absolute Gasteiger partial charge is 0.0731 e. The molecule has 2 aliphatic rings. The van der Waals surface area contributed by atoms with Crippen LogP contribution in [0, 0.1) is 13.8 Å². The molecule has 2 fully saturated rings. The number of rotatable bonds is 3. The second-order valence-corrected chi connectivity index (χ2v) is 6.61. The molecule has 0 bridgehead atoms. The summed E-state index contributed by atoms with van der Waals surface area (Å²) in [7, 11) is 0. The number of nitrogens with two attached hydrogens (primary N) is 1. The van der Waals surface area contributed by atoms with Crippen LogP contribution in [0.15, 0.2) is 18.2 Å². The number of fused-ring (bicyclic) bond motifs is 1. The van der Waals surface area contributed by atoms with Gasteiger partial charge in [-0.2, -0.15) is 0 Å². The summed E-state index contributed by atoms with van der Waals surface area (Å²) >= 11 is 0. The highest BCUT2D eigenvalue weighted by Crippen LogP contribution is 2.34. The van der Waals surface area contributed by atoms with E-state index in [1.54, 1.807) is 0 Å². The van der Waals surface area contributed by atoms with Crippen molar-refractivity contribution in [3.05, 3.63) is 34.9 Å². The maximum Gasteiger partial charge on any atom is 0.0731 e. The average molecular weight is 288 g/mol. The van der Waals surface area contributed by atoms with E-state index >= 15 is 0 Å². The quantitative estimate of drug-likeness (QED) is 0.929. The molecule has 0 spiro atoms. The van der Waals surface area contributed by atoms with Crippen molar-refractivity contribution >= 4 is 0 Å². The van der Waals surface area contributed by atoms with Crippen molar-refractivity contribution in [3.8, 4) is 0 Å². The third-order valence-corrected chi connectivity index (χ3v) is 5.18. The van der Waals surface area contributed by atoms with Crippen molar-refractivity contribution in [1.82, 2.24) is 4.90 Å². The lowest BCUT2D eigenvalue weighted by molar-refractivity contribution is -0.102. The number of benzene rings is 1. The van der Waals surface area contributed by atoms with Gasteiger partial charge in [-0.15, -0.1) is 0 Å². The van der Waals surface area contributed by atoms with Gasteiger partial charge in [-0.25, -0.2) is 0 Å². The first-order valence-corrected chi connectivity index (χ1v) is 8.35. The Morgan fingerprint density at radius 2 is 2.10 bits per heavy atom. The van der Waals surface area contributed by atoms with Crippen molar-refractivity contribution in [2.45, 2.75) is 57.7 Å². The Kier molecular flexibility index (Phi) is 4.63. The first-order valence-electron chi connectivity index (χ1n) is 8.35. The van der Waals surface area contributed by atoms with Crippen LogP contribution < -0.4 is 5.73 Å². The largest absolute Gasteiger partial charge is 0.375 e. The van der Waals surface area contributed by atoms with E-state index in [1.807, 2.05) is 0 Å². The number of aryl methyl sites for hydroxylation is 2. The molecule has 1 saturated carbocycles. The highest BCUT2D eigenvalue weighted by Gasteiger charge is 2.37. The third kappa shape index (κ3) is 3.01. The molecule has 116 valence electrons. The van der Waals surface area contributed by atoms with Crippen molar-refractivity contribution in [1.29, 1.82) is 0 Å². The molecule has 1 aliphatic heterocycles. The second-order valence-electron chi connectivity index (χ2n) is 6.61. The molecule has 0 radical (unpaired) electrons. The molecule has 2 N–H and O–H groups in total. The number of hydrogen-bond donors (Lipinski definition) is 1. The van der Waals surface area contributed by atoms with Crippen LogP contribution >= 0.6 is 0 Å². The minimum absolute atomic E-state index is 0.333. The molecule has 3 heteroatoms. The number of nitrogens with zero attached hydrogens (tertiary/aromatic N) is 1. The normalized spacial score (nSPS) is 28.1. The van der Waals surface area contributed by atoms with Crippen LogP contribution in [0.3, 0.4) is 0 Å². The second kappa shape index (κ2) is 6.47.